The van der Waals surface area contributed by atoms with Crippen LogP contribution in [-0.2, 0) is 19.4 Å². The molecule has 1 aliphatic carbocycles. The highest BCUT2D eigenvalue weighted by Gasteiger charge is 2.29. The lowest BCUT2D eigenvalue weighted by atomic mass is 9.85. The number of hydrogen-bond donors (Lipinski definition) is 0. The molecule has 41 heavy (non-hydrogen) atoms. The highest BCUT2D eigenvalue weighted by atomic mass is 16.5. The average Bonchev–Trinajstić information content (AvgIpc) is 3.16. The molecule has 0 N–H and O–H groups in total. The lowest BCUT2D eigenvalue weighted by Gasteiger charge is -2.21. The zero-order chi connectivity index (χ0) is 27.9. The molecule has 6 aromatic rings. The molecule has 0 aliphatic heterocycles. The molecule has 4 nitrogen and oxygen atoms in total. The summed E-state index contributed by atoms with van der Waals surface area (Å²) in [6.45, 7) is 2.70. The predicted molar refractivity (Wildman–Crippen MR) is 167 cm³/mol. The summed E-state index contributed by atoms with van der Waals surface area (Å²) in [7, 11) is 1.66. The van der Waals surface area contributed by atoms with E-state index in [-0.39, 0.29) is 5.69 Å². The van der Waals surface area contributed by atoms with Crippen molar-refractivity contribution < 1.29 is 4.74 Å². The van der Waals surface area contributed by atoms with Crippen molar-refractivity contribution in [3.05, 3.63) is 142 Å². The molecule has 1 aromatic heterocycles. The van der Waals surface area contributed by atoms with Crippen LogP contribution in [0.3, 0.4) is 0 Å². The number of imidazole rings is 1. The van der Waals surface area contributed by atoms with Crippen molar-refractivity contribution in [2.75, 3.05) is 7.11 Å². The largest absolute Gasteiger partial charge is 0.497 e. The SMILES string of the molecule is COc1ccc(-n2c(=O)n(Cc3ccccc3)c3c(C)c4c(c(-c5ccccc5)c32)CCCc2ccccc2-4)cc1. The van der Waals surface area contributed by atoms with Crippen LogP contribution >= 0.6 is 0 Å². The first kappa shape index (κ1) is 25.2. The molecule has 0 atom stereocenters. The van der Waals surface area contributed by atoms with E-state index < -0.39 is 0 Å². The van der Waals surface area contributed by atoms with E-state index in [1.54, 1.807) is 7.11 Å². The molecule has 0 unspecified atom stereocenters. The highest BCUT2D eigenvalue weighted by molar-refractivity contribution is 6.03. The Hall–Kier alpha value is -4.83. The molecule has 0 bridgehead atoms. The van der Waals surface area contributed by atoms with Crippen LogP contribution in [0.15, 0.2) is 114 Å². The van der Waals surface area contributed by atoms with Crippen LogP contribution in [0, 0.1) is 6.92 Å². The number of nitrogens with zero attached hydrogens (tertiary/aromatic N) is 2. The molecule has 202 valence electrons. The van der Waals surface area contributed by atoms with Crippen molar-refractivity contribution >= 4 is 11.0 Å². The standard InChI is InChI=1S/C37H32N2O2/c1-25-33-31-18-10-9-14-27(31)17-11-19-32(33)34(28-15-7-4-8-16-28)36-35(25)38(24-26-12-5-3-6-13-26)37(40)39(36)29-20-22-30(41-2)23-21-29/h3-10,12-16,18,20-23H,11,17,19,24H2,1-2H3. The van der Waals surface area contributed by atoms with E-state index in [9.17, 15) is 4.79 Å². The lowest BCUT2D eigenvalue weighted by molar-refractivity contribution is 0.414. The third-order valence-electron chi connectivity index (χ3n) is 8.45. The number of rotatable bonds is 5. The molecule has 5 aromatic carbocycles. The average molecular weight is 537 g/mol. The summed E-state index contributed by atoms with van der Waals surface area (Å²) in [6.07, 6.45) is 3.05. The normalized spacial score (nSPS) is 12.5. The Morgan fingerprint density at radius 1 is 0.732 bits per heavy atom. The van der Waals surface area contributed by atoms with E-state index in [0.29, 0.717) is 6.54 Å². The quantitative estimate of drug-likeness (QED) is 0.224. The summed E-state index contributed by atoms with van der Waals surface area (Å²) in [6, 6.07) is 37.5. The van der Waals surface area contributed by atoms with Crippen molar-refractivity contribution in [1.82, 2.24) is 9.13 Å². The molecule has 0 saturated carbocycles. The molecule has 1 aliphatic rings. The summed E-state index contributed by atoms with van der Waals surface area (Å²) in [5.74, 6) is 0.764. The minimum Gasteiger partial charge on any atom is -0.497 e. The number of methoxy groups -OCH3 is 1. The van der Waals surface area contributed by atoms with Gasteiger partial charge in [0, 0.05) is 5.56 Å². The molecule has 0 saturated heterocycles. The molecule has 1 heterocycles. The number of aryl methyl sites for hydroxylation is 2. The molecule has 0 spiro atoms. The Bertz CT molecular complexity index is 1930. The lowest BCUT2D eigenvalue weighted by Crippen LogP contribution is -2.24. The van der Waals surface area contributed by atoms with E-state index >= 15 is 0 Å². The zero-order valence-electron chi connectivity index (χ0n) is 23.4. The van der Waals surface area contributed by atoms with Crippen LogP contribution in [-0.4, -0.2) is 16.2 Å². The van der Waals surface area contributed by atoms with Gasteiger partial charge in [-0.3, -0.25) is 9.13 Å². The number of benzene rings is 5. The van der Waals surface area contributed by atoms with Crippen LogP contribution in [0.1, 0.15) is 28.7 Å². The Morgan fingerprint density at radius 3 is 2.15 bits per heavy atom. The fourth-order valence-electron chi connectivity index (χ4n) is 6.62. The first-order valence-electron chi connectivity index (χ1n) is 14.3. The third kappa shape index (κ3) is 4.18. The third-order valence-corrected chi connectivity index (χ3v) is 8.45. The number of ether oxygens (including phenoxy) is 1. The van der Waals surface area contributed by atoms with Gasteiger partial charge in [-0.25, -0.2) is 4.79 Å². The van der Waals surface area contributed by atoms with Crippen molar-refractivity contribution in [3.63, 3.8) is 0 Å². The molecule has 4 heteroatoms. The maximum atomic E-state index is 14.6. The van der Waals surface area contributed by atoms with Crippen molar-refractivity contribution in [1.29, 1.82) is 0 Å². The predicted octanol–water partition coefficient (Wildman–Crippen LogP) is 7.98. The van der Waals surface area contributed by atoms with Crippen LogP contribution in [0.2, 0.25) is 0 Å². The van der Waals surface area contributed by atoms with Crippen molar-refractivity contribution in [3.8, 4) is 33.7 Å². The number of hydrogen-bond acceptors (Lipinski definition) is 2. The monoisotopic (exact) mass is 536 g/mol. The van der Waals surface area contributed by atoms with E-state index in [4.69, 9.17) is 4.74 Å². The number of aromatic nitrogens is 2. The van der Waals surface area contributed by atoms with E-state index in [1.165, 1.54) is 22.3 Å². The van der Waals surface area contributed by atoms with Gasteiger partial charge in [-0.2, -0.15) is 0 Å². The molecule has 7 rings (SSSR count). The molecule has 0 radical (unpaired) electrons. The highest BCUT2D eigenvalue weighted by Crippen LogP contribution is 2.45. The summed E-state index contributed by atoms with van der Waals surface area (Å²) in [4.78, 5) is 14.6. The van der Waals surface area contributed by atoms with Gasteiger partial charge in [0.2, 0.25) is 0 Å². The van der Waals surface area contributed by atoms with E-state index in [2.05, 4.69) is 73.7 Å². The van der Waals surface area contributed by atoms with Crippen molar-refractivity contribution in [2.45, 2.75) is 32.7 Å². The van der Waals surface area contributed by atoms with Crippen LogP contribution < -0.4 is 10.4 Å². The summed E-state index contributed by atoms with van der Waals surface area (Å²) < 4.78 is 9.35. The second-order valence-electron chi connectivity index (χ2n) is 10.8. The molecule has 0 fully saturated rings. The Balaban J connectivity index is 1.67. The number of fused-ring (bicyclic) bond motifs is 4. The van der Waals surface area contributed by atoms with Gasteiger partial charge >= 0.3 is 5.69 Å². The first-order chi connectivity index (χ1) is 20.2. The maximum Gasteiger partial charge on any atom is 0.334 e. The smallest absolute Gasteiger partial charge is 0.334 e. The van der Waals surface area contributed by atoms with Gasteiger partial charge in [-0.05, 0) is 89.4 Å². The summed E-state index contributed by atoms with van der Waals surface area (Å²) >= 11 is 0. The van der Waals surface area contributed by atoms with Crippen LogP contribution in [0.25, 0.3) is 39.0 Å². The summed E-state index contributed by atoms with van der Waals surface area (Å²) in [5.41, 5.74) is 12.5. The van der Waals surface area contributed by atoms with E-state index in [1.807, 2.05) is 51.6 Å². The van der Waals surface area contributed by atoms with Gasteiger partial charge in [-0.1, -0.05) is 84.9 Å². The minimum absolute atomic E-state index is 0.0391. The second-order valence-corrected chi connectivity index (χ2v) is 10.8. The Labute approximate surface area is 240 Å². The van der Waals surface area contributed by atoms with Gasteiger partial charge in [0.1, 0.15) is 5.75 Å². The second kappa shape index (κ2) is 10.3. The van der Waals surface area contributed by atoms with Gasteiger partial charge in [0.05, 0.1) is 30.4 Å². The Morgan fingerprint density at radius 2 is 1.41 bits per heavy atom. The molecular weight excluding hydrogens is 504 g/mol. The fraction of sp³-hybridized carbons (Fsp3) is 0.162. The Kier molecular flexibility index (Phi) is 6.31. The van der Waals surface area contributed by atoms with Crippen LogP contribution in [0.5, 0.6) is 5.75 Å². The molecule has 0 amide bonds. The summed E-state index contributed by atoms with van der Waals surface area (Å²) in [5, 5.41) is 0. The van der Waals surface area contributed by atoms with Crippen LogP contribution in [0.4, 0.5) is 0 Å². The van der Waals surface area contributed by atoms with Crippen molar-refractivity contribution in [2.24, 2.45) is 0 Å². The first-order valence-corrected chi connectivity index (χ1v) is 14.3. The maximum absolute atomic E-state index is 14.6. The minimum atomic E-state index is -0.0391. The van der Waals surface area contributed by atoms with Gasteiger partial charge in [-0.15, -0.1) is 0 Å². The van der Waals surface area contributed by atoms with Gasteiger partial charge < -0.3 is 4.74 Å². The fourth-order valence-corrected chi connectivity index (χ4v) is 6.62. The zero-order valence-corrected chi connectivity index (χ0v) is 23.4. The van der Waals surface area contributed by atoms with Gasteiger partial charge in [0.15, 0.2) is 0 Å². The van der Waals surface area contributed by atoms with Gasteiger partial charge in [0.25, 0.3) is 0 Å². The van der Waals surface area contributed by atoms with E-state index in [0.717, 1.165) is 64.0 Å². The molecular formula is C37H32N2O2. The topological polar surface area (TPSA) is 36.2 Å².